The number of nitrogens with zero attached hydrogens (tertiary/aromatic N) is 1. The van der Waals surface area contributed by atoms with Crippen LogP contribution >= 0.6 is 0 Å². The second-order valence-corrected chi connectivity index (χ2v) is 6.56. The fourth-order valence-corrected chi connectivity index (χ4v) is 2.99. The van der Waals surface area contributed by atoms with E-state index in [4.69, 9.17) is 4.74 Å². The molecule has 2 amide bonds. The Labute approximate surface area is 173 Å². The van der Waals surface area contributed by atoms with Crippen molar-refractivity contribution in [3.63, 3.8) is 0 Å². The van der Waals surface area contributed by atoms with Gasteiger partial charge in [0.25, 0.3) is 5.91 Å². The molecule has 4 aromatic rings. The van der Waals surface area contributed by atoms with Crippen molar-refractivity contribution in [2.75, 3.05) is 17.2 Å². The summed E-state index contributed by atoms with van der Waals surface area (Å²) < 4.78 is 4.83. The first-order valence-electron chi connectivity index (χ1n) is 9.53. The molecule has 0 fully saturated rings. The molecular formula is C23H20N4O3. The van der Waals surface area contributed by atoms with Crippen LogP contribution in [0.2, 0.25) is 0 Å². The molecule has 0 atom stereocenters. The molecule has 3 N–H and O–H groups in total. The van der Waals surface area contributed by atoms with Crippen molar-refractivity contribution in [1.82, 2.24) is 9.97 Å². The largest absolute Gasteiger partial charge is 0.450 e. The standard InChI is InChI=1S/C23H20N4O3/c1-2-30-23(29)25-18-13-9-16(10-14-18)22(28)24-17-11-7-15(8-12-17)21-26-19-5-3-4-6-20(19)27-21/h3-14H,2H2,1H3,(H,24,28)(H,25,29)(H,26,27). The van der Waals surface area contributed by atoms with Crippen LogP contribution in [0.1, 0.15) is 17.3 Å². The summed E-state index contributed by atoms with van der Waals surface area (Å²) in [5, 5.41) is 5.45. The lowest BCUT2D eigenvalue weighted by Gasteiger charge is -2.08. The Morgan fingerprint density at radius 1 is 0.900 bits per heavy atom. The fraction of sp³-hybridized carbons (Fsp3) is 0.0870. The molecule has 0 aliphatic rings. The summed E-state index contributed by atoms with van der Waals surface area (Å²) in [6.45, 7) is 2.03. The number of para-hydroxylation sites is 2. The van der Waals surface area contributed by atoms with Crippen LogP contribution in [-0.2, 0) is 4.74 Å². The monoisotopic (exact) mass is 400 g/mol. The van der Waals surface area contributed by atoms with Crippen LogP contribution in [0.3, 0.4) is 0 Å². The second-order valence-electron chi connectivity index (χ2n) is 6.56. The van der Waals surface area contributed by atoms with E-state index in [0.29, 0.717) is 23.5 Å². The molecule has 0 aliphatic carbocycles. The van der Waals surface area contributed by atoms with Crippen molar-refractivity contribution in [3.05, 3.63) is 78.4 Å². The van der Waals surface area contributed by atoms with Crippen LogP contribution in [-0.4, -0.2) is 28.6 Å². The van der Waals surface area contributed by atoms with Crippen molar-refractivity contribution >= 4 is 34.4 Å². The van der Waals surface area contributed by atoms with Gasteiger partial charge in [-0.05, 0) is 67.6 Å². The fourth-order valence-electron chi connectivity index (χ4n) is 2.99. The molecule has 0 unspecified atom stereocenters. The number of H-pyrrole nitrogens is 1. The molecule has 3 aromatic carbocycles. The van der Waals surface area contributed by atoms with Gasteiger partial charge >= 0.3 is 6.09 Å². The van der Waals surface area contributed by atoms with Crippen LogP contribution in [0.15, 0.2) is 72.8 Å². The van der Waals surface area contributed by atoms with E-state index in [2.05, 4.69) is 20.6 Å². The third-order valence-electron chi connectivity index (χ3n) is 4.47. The quantitative estimate of drug-likeness (QED) is 0.437. The van der Waals surface area contributed by atoms with Crippen LogP contribution < -0.4 is 10.6 Å². The molecule has 7 nitrogen and oxygen atoms in total. The molecule has 0 spiro atoms. The first-order chi connectivity index (χ1) is 14.6. The van der Waals surface area contributed by atoms with E-state index in [1.807, 2.05) is 48.5 Å². The van der Waals surface area contributed by atoms with Crippen molar-refractivity contribution in [1.29, 1.82) is 0 Å². The number of nitrogens with one attached hydrogen (secondary N) is 3. The maximum atomic E-state index is 12.5. The molecule has 0 aliphatic heterocycles. The van der Waals surface area contributed by atoms with E-state index in [0.717, 1.165) is 22.4 Å². The minimum atomic E-state index is -0.528. The third-order valence-corrected chi connectivity index (χ3v) is 4.47. The van der Waals surface area contributed by atoms with E-state index < -0.39 is 6.09 Å². The number of carbonyl (C=O) groups is 2. The lowest BCUT2D eigenvalue weighted by Crippen LogP contribution is -2.14. The Balaban J connectivity index is 1.41. The highest BCUT2D eigenvalue weighted by Crippen LogP contribution is 2.22. The zero-order valence-corrected chi connectivity index (χ0v) is 16.3. The van der Waals surface area contributed by atoms with Crippen molar-refractivity contribution < 1.29 is 14.3 Å². The topological polar surface area (TPSA) is 96.1 Å². The molecule has 7 heteroatoms. The van der Waals surface area contributed by atoms with Crippen LogP contribution in [0.4, 0.5) is 16.2 Å². The summed E-state index contributed by atoms with van der Waals surface area (Å²) in [7, 11) is 0. The SMILES string of the molecule is CCOC(=O)Nc1ccc(C(=O)Nc2ccc(-c3nc4ccccc4[nH]3)cc2)cc1. The summed E-state index contributed by atoms with van der Waals surface area (Å²) in [5.74, 6) is 0.535. The maximum absolute atomic E-state index is 12.5. The van der Waals surface area contributed by atoms with Crippen molar-refractivity contribution in [2.45, 2.75) is 6.92 Å². The summed E-state index contributed by atoms with van der Waals surface area (Å²) in [6, 6.07) is 21.9. The third kappa shape index (κ3) is 4.30. The van der Waals surface area contributed by atoms with E-state index in [9.17, 15) is 9.59 Å². The predicted octanol–water partition coefficient (Wildman–Crippen LogP) is 5.05. The zero-order valence-electron chi connectivity index (χ0n) is 16.3. The number of imidazole rings is 1. The average Bonchev–Trinajstić information content (AvgIpc) is 3.19. The first-order valence-corrected chi connectivity index (χ1v) is 9.53. The van der Waals surface area contributed by atoms with E-state index in [1.54, 1.807) is 31.2 Å². The van der Waals surface area contributed by atoms with Crippen LogP contribution in [0.25, 0.3) is 22.4 Å². The number of benzene rings is 3. The molecule has 30 heavy (non-hydrogen) atoms. The molecule has 0 saturated carbocycles. The molecule has 4 rings (SSSR count). The Hall–Kier alpha value is -4.13. The normalized spacial score (nSPS) is 10.6. The lowest BCUT2D eigenvalue weighted by molar-refractivity contribution is 0.102. The first kappa shape index (κ1) is 19.2. The number of ether oxygens (including phenoxy) is 1. The van der Waals surface area contributed by atoms with E-state index in [1.165, 1.54) is 0 Å². The van der Waals surface area contributed by atoms with Gasteiger partial charge in [0.05, 0.1) is 17.6 Å². The summed E-state index contributed by atoms with van der Waals surface area (Å²) in [4.78, 5) is 31.8. The Morgan fingerprint density at radius 3 is 2.27 bits per heavy atom. The summed E-state index contributed by atoms with van der Waals surface area (Å²) in [5.41, 5.74) is 4.52. The minimum absolute atomic E-state index is 0.242. The number of anilines is 2. The molecule has 0 radical (unpaired) electrons. The van der Waals surface area contributed by atoms with Gasteiger partial charge in [0, 0.05) is 22.5 Å². The highest BCUT2D eigenvalue weighted by molar-refractivity contribution is 6.04. The smallest absolute Gasteiger partial charge is 0.411 e. The Bertz CT molecular complexity index is 1150. The van der Waals surface area contributed by atoms with Gasteiger partial charge in [-0.15, -0.1) is 0 Å². The van der Waals surface area contributed by atoms with E-state index in [-0.39, 0.29) is 5.91 Å². The molecule has 1 aromatic heterocycles. The van der Waals surface area contributed by atoms with Gasteiger partial charge in [-0.1, -0.05) is 12.1 Å². The number of carbonyl (C=O) groups excluding carboxylic acids is 2. The number of fused-ring (bicyclic) bond motifs is 1. The summed E-state index contributed by atoms with van der Waals surface area (Å²) >= 11 is 0. The van der Waals surface area contributed by atoms with Gasteiger partial charge in [-0.3, -0.25) is 10.1 Å². The predicted molar refractivity (Wildman–Crippen MR) is 117 cm³/mol. The number of rotatable bonds is 5. The Kier molecular flexibility index (Phi) is 5.43. The van der Waals surface area contributed by atoms with Gasteiger partial charge in [0.2, 0.25) is 0 Å². The minimum Gasteiger partial charge on any atom is -0.450 e. The highest BCUT2D eigenvalue weighted by atomic mass is 16.5. The number of hydrogen-bond donors (Lipinski definition) is 3. The average molecular weight is 400 g/mol. The second kappa shape index (κ2) is 8.48. The number of amides is 2. The summed E-state index contributed by atoms with van der Waals surface area (Å²) in [6.07, 6.45) is -0.528. The zero-order chi connectivity index (χ0) is 20.9. The molecule has 150 valence electrons. The van der Waals surface area contributed by atoms with Crippen LogP contribution in [0, 0.1) is 0 Å². The molecule has 0 saturated heterocycles. The molecule has 1 heterocycles. The number of aromatic amines is 1. The number of aromatic nitrogens is 2. The van der Waals surface area contributed by atoms with Gasteiger partial charge in [0.1, 0.15) is 5.82 Å². The van der Waals surface area contributed by atoms with Crippen molar-refractivity contribution in [3.8, 4) is 11.4 Å². The maximum Gasteiger partial charge on any atom is 0.411 e. The highest BCUT2D eigenvalue weighted by Gasteiger charge is 2.09. The molecule has 0 bridgehead atoms. The van der Waals surface area contributed by atoms with Gasteiger partial charge in [-0.2, -0.15) is 0 Å². The number of hydrogen-bond acceptors (Lipinski definition) is 4. The van der Waals surface area contributed by atoms with Gasteiger partial charge in [-0.25, -0.2) is 9.78 Å². The van der Waals surface area contributed by atoms with Gasteiger partial charge < -0.3 is 15.0 Å². The van der Waals surface area contributed by atoms with Gasteiger partial charge in [0.15, 0.2) is 0 Å². The van der Waals surface area contributed by atoms with Crippen molar-refractivity contribution in [2.24, 2.45) is 0 Å². The lowest BCUT2D eigenvalue weighted by atomic mass is 10.1. The van der Waals surface area contributed by atoms with Crippen LogP contribution in [0.5, 0.6) is 0 Å². The molecular weight excluding hydrogens is 380 g/mol. The van der Waals surface area contributed by atoms with E-state index >= 15 is 0 Å². The Morgan fingerprint density at radius 2 is 1.57 bits per heavy atom.